The van der Waals surface area contributed by atoms with E-state index in [1.54, 1.807) is 13.0 Å². The summed E-state index contributed by atoms with van der Waals surface area (Å²) >= 11 is 1.34. The van der Waals surface area contributed by atoms with E-state index in [0.29, 0.717) is 27.9 Å². The lowest BCUT2D eigenvalue weighted by atomic mass is 10.3. The van der Waals surface area contributed by atoms with Gasteiger partial charge in [-0.2, -0.15) is 0 Å². The molecular formula is C13H14FN3O2S. The summed E-state index contributed by atoms with van der Waals surface area (Å²) in [6, 6.07) is 5.81. The smallest absolute Gasteiger partial charge is 0.226 e. The molecule has 1 aromatic heterocycles. The number of aromatic nitrogens is 1. The van der Waals surface area contributed by atoms with Gasteiger partial charge in [-0.05, 0) is 25.1 Å². The molecular weight excluding hydrogens is 281 g/mol. The molecule has 0 spiro atoms. The van der Waals surface area contributed by atoms with Gasteiger partial charge in [0.2, 0.25) is 5.91 Å². The lowest BCUT2D eigenvalue weighted by Crippen LogP contribution is -2.12. The Kier molecular flexibility index (Phi) is 4.62. The quantitative estimate of drug-likeness (QED) is 0.655. The minimum Gasteiger partial charge on any atom is -0.398 e. The number of nitrogens with two attached hydrogens (primary N) is 1. The fourth-order valence-electron chi connectivity index (χ4n) is 1.52. The maximum Gasteiger partial charge on any atom is 0.226 e. The van der Waals surface area contributed by atoms with Crippen molar-refractivity contribution >= 4 is 29.2 Å². The molecule has 0 saturated carbocycles. The van der Waals surface area contributed by atoms with Crippen molar-refractivity contribution in [2.24, 2.45) is 0 Å². The first-order valence-electron chi connectivity index (χ1n) is 5.95. The van der Waals surface area contributed by atoms with E-state index < -0.39 is 0 Å². The Labute approximate surface area is 119 Å². The first kappa shape index (κ1) is 14.4. The van der Waals surface area contributed by atoms with Crippen molar-refractivity contribution in [1.29, 1.82) is 0 Å². The average Bonchev–Trinajstić information content (AvgIpc) is 2.79. The molecule has 1 aromatic carbocycles. The molecule has 0 aliphatic heterocycles. The number of hydrogen-bond acceptors (Lipinski definition) is 5. The standard InChI is InChI=1S/C13H14FN3O2S/c1-8-6-12(17-19-8)16-13(18)4-5-20-11-7-9(14)2-3-10(11)15/h2-3,6-7H,4-5,15H2,1H3,(H,16,17,18). The lowest BCUT2D eigenvalue weighted by Gasteiger charge is -2.05. The van der Waals surface area contributed by atoms with Gasteiger partial charge in [0.25, 0.3) is 0 Å². The monoisotopic (exact) mass is 295 g/mol. The number of nitrogen functional groups attached to an aromatic ring is 1. The summed E-state index contributed by atoms with van der Waals surface area (Å²) < 4.78 is 17.9. The molecule has 1 heterocycles. The minimum atomic E-state index is -0.343. The van der Waals surface area contributed by atoms with E-state index >= 15 is 0 Å². The van der Waals surface area contributed by atoms with Gasteiger partial charge < -0.3 is 15.6 Å². The van der Waals surface area contributed by atoms with Gasteiger partial charge in [0.15, 0.2) is 5.82 Å². The third-order valence-corrected chi connectivity index (χ3v) is 3.53. The maximum absolute atomic E-state index is 13.1. The molecule has 0 bridgehead atoms. The number of carbonyl (C=O) groups excluding carboxylic acids is 1. The van der Waals surface area contributed by atoms with Gasteiger partial charge in [-0.15, -0.1) is 11.8 Å². The lowest BCUT2D eigenvalue weighted by molar-refractivity contribution is -0.115. The van der Waals surface area contributed by atoms with Crippen LogP contribution in [0.5, 0.6) is 0 Å². The van der Waals surface area contributed by atoms with Gasteiger partial charge in [0, 0.05) is 28.8 Å². The predicted molar refractivity (Wildman–Crippen MR) is 76.0 cm³/mol. The molecule has 0 aliphatic carbocycles. The maximum atomic E-state index is 13.1. The number of anilines is 2. The highest BCUT2D eigenvalue weighted by Gasteiger charge is 2.07. The fourth-order valence-corrected chi connectivity index (χ4v) is 2.46. The van der Waals surface area contributed by atoms with Gasteiger partial charge >= 0.3 is 0 Å². The van der Waals surface area contributed by atoms with Crippen LogP contribution in [0.4, 0.5) is 15.9 Å². The van der Waals surface area contributed by atoms with Crippen molar-refractivity contribution in [3.05, 3.63) is 35.8 Å². The number of hydrogen-bond donors (Lipinski definition) is 2. The molecule has 0 radical (unpaired) electrons. The van der Waals surface area contributed by atoms with E-state index in [4.69, 9.17) is 10.3 Å². The Morgan fingerprint density at radius 2 is 2.30 bits per heavy atom. The first-order valence-corrected chi connectivity index (χ1v) is 6.94. The van der Waals surface area contributed by atoms with Gasteiger partial charge in [-0.25, -0.2) is 4.39 Å². The number of halogens is 1. The van der Waals surface area contributed by atoms with E-state index in [1.165, 1.54) is 30.0 Å². The molecule has 2 rings (SSSR count). The molecule has 0 saturated heterocycles. The van der Waals surface area contributed by atoms with Gasteiger partial charge in [0.1, 0.15) is 11.6 Å². The van der Waals surface area contributed by atoms with Crippen LogP contribution in [0.25, 0.3) is 0 Å². The number of amides is 1. The summed E-state index contributed by atoms with van der Waals surface area (Å²) in [4.78, 5) is 12.3. The highest BCUT2D eigenvalue weighted by molar-refractivity contribution is 7.99. The normalized spacial score (nSPS) is 10.5. The molecule has 1 amide bonds. The molecule has 0 atom stereocenters. The number of aryl methyl sites for hydroxylation is 1. The van der Waals surface area contributed by atoms with Crippen molar-refractivity contribution in [3.8, 4) is 0 Å². The second-order valence-corrected chi connectivity index (χ2v) is 5.29. The zero-order valence-electron chi connectivity index (χ0n) is 10.9. The van der Waals surface area contributed by atoms with Gasteiger partial charge in [-0.3, -0.25) is 4.79 Å². The number of thioether (sulfide) groups is 1. The van der Waals surface area contributed by atoms with Crippen molar-refractivity contribution in [2.45, 2.75) is 18.2 Å². The summed E-state index contributed by atoms with van der Waals surface area (Å²) in [6.07, 6.45) is 0.270. The SMILES string of the molecule is Cc1cc(NC(=O)CCSc2cc(F)ccc2N)no1. The Hall–Kier alpha value is -2.02. The summed E-state index contributed by atoms with van der Waals surface area (Å²) in [7, 11) is 0. The molecule has 5 nitrogen and oxygen atoms in total. The third kappa shape index (κ3) is 3.99. The second-order valence-electron chi connectivity index (χ2n) is 4.15. The van der Waals surface area contributed by atoms with Crippen LogP contribution in [0.2, 0.25) is 0 Å². The van der Waals surface area contributed by atoms with Crippen molar-refractivity contribution in [1.82, 2.24) is 5.16 Å². The average molecular weight is 295 g/mol. The first-order chi connectivity index (χ1) is 9.54. The molecule has 0 unspecified atom stereocenters. The van der Waals surface area contributed by atoms with Gasteiger partial charge in [0.05, 0.1) is 0 Å². The Morgan fingerprint density at radius 3 is 3.00 bits per heavy atom. The van der Waals surface area contributed by atoms with Crippen molar-refractivity contribution in [3.63, 3.8) is 0 Å². The number of nitrogens with zero attached hydrogens (tertiary/aromatic N) is 1. The van der Waals surface area contributed by atoms with Crippen molar-refractivity contribution in [2.75, 3.05) is 16.8 Å². The molecule has 0 aliphatic rings. The second kappa shape index (κ2) is 6.42. The number of benzene rings is 1. The molecule has 2 aromatic rings. The zero-order valence-corrected chi connectivity index (χ0v) is 11.7. The van der Waals surface area contributed by atoms with Crippen LogP contribution in [0.15, 0.2) is 33.7 Å². The van der Waals surface area contributed by atoms with Crippen LogP contribution in [0.3, 0.4) is 0 Å². The summed E-state index contributed by atoms with van der Waals surface area (Å²) in [5.74, 6) is 0.992. The van der Waals surface area contributed by atoms with Crippen LogP contribution in [-0.4, -0.2) is 16.8 Å². The summed E-state index contributed by atoms with van der Waals surface area (Å²) in [6.45, 7) is 1.74. The Bertz CT molecular complexity index is 615. The number of rotatable bonds is 5. The Morgan fingerprint density at radius 1 is 1.50 bits per heavy atom. The molecule has 106 valence electrons. The van der Waals surface area contributed by atoms with Crippen LogP contribution in [0, 0.1) is 12.7 Å². The van der Waals surface area contributed by atoms with E-state index in [9.17, 15) is 9.18 Å². The van der Waals surface area contributed by atoms with Gasteiger partial charge in [-0.1, -0.05) is 5.16 Å². The van der Waals surface area contributed by atoms with Crippen molar-refractivity contribution < 1.29 is 13.7 Å². The largest absolute Gasteiger partial charge is 0.398 e. The predicted octanol–water partition coefficient (Wildman–Crippen LogP) is 2.83. The molecule has 3 N–H and O–H groups in total. The van der Waals surface area contributed by atoms with E-state index in [2.05, 4.69) is 10.5 Å². The van der Waals surface area contributed by atoms with Crippen LogP contribution in [-0.2, 0) is 4.79 Å². The zero-order chi connectivity index (χ0) is 14.5. The van der Waals surface area contributed by atoms with Crippen LogP contribution < -0.4 is 11.1 Å². The van der Waals surface area contributed by atoms with Crippen LogP contribution in [0.1, 0.15) is 12.2 Å². The minimum absolute atomic E-state index is 0.180. The third-order valence-electron chi connectivity index (χ3n) is 2.46. The highest BCUT2D eigenvalue weighted by Crippen LogP contribution is 2.26. The van der Waals surface area contributed by atoms with E-state index in [-0.39, 0.29) is 18.1 Å². The molecule has 0 fully saturated rings. The highest BCUT2D eigenvalue weighted by atomic mass is 32.2. The number of nitrogens with one attached hydrogen (secondary N) is 1. The summed E-state index contributed by atoms with van der Waals surface area (Å²) in [5, 5.41) is 6.28. The fraction of sp³-hybridized carbons (Fsp3) is 0.231. The Balaban J connectivity index is 1.80. The summed E-state index contributed by atoms with van der Waals surface area (Å²) in [5.41, 5.74) is 6.23. The van der Waals surface area contributed by atoms with E-state index in [0.717, 1.165) is 0 Å². The topological polar surface area (TPSA) is 81.2 Å². The van der Waals surface area contributed by atoms with Crippen LogP contribution >= 0.6 is 11.8 Å². The molecule has 20 heavy (non-hydrogen) atoms. The molecule has 7 heteroatoms. The van der Waals surface area contributed by atoms with E-state index in [1.807, 2.05) is 0 Å². The number of carbonyl (C=O) groups is 1.